The molecule has 1 unspecified atom stereocenters. The maximum atomic E-state index is 13.9. The molecule has 216 valence electrons. The summed E-state index contributed by atoms with van der Waals surface area (Å²) in [4.78, 5) is 28.3. The Kier molecular flexibility index (Phi) is 8.92. The molecule has 0 radical (unpaired) electrons. The quantitative estimate of drug-likeness (QED) is 0.345. The molecule has 40 heavy (non-hydrogen) atoms. The number of Topliss-reactive ketones (excluding diaryl/α,β-unsaturated/α-hetero) is 1. The second kappa shape index (κ2) is 12.4. The van der Waals surface area contributed by atoms with Gasteiger partial charge in [-0.1, -0.05) is 6.92 Å². The molecule has 0 fully saturated rings. The third-order valence-corrected chi connectivity index (χ3v) is 8.17. The lowest BCUT2D eigenvalue weighted by molar-refractivity contribution is -0.122. The summed E-state index contributed by atoms with van der Waals surface area (Å²) in [6.45, 7) is 4.57. The van der Waals surface area contributed by atoms with E-state index in [2.05, 4.69) is 42.4 Å². The van der Waals surface area contributed by atoms with Gasteiger partial charge in [-0.25, -0.2) is 0 Å². The highest BCUT2D eigenvalue weighted by Gasteiger charge is 2.46. The van der Waals surface area contributed by atoms with E-state index in [1.54, 1.807) is 32.4 Å². The Morgan fingerprint density at radius 2 is 1.90 bits per heavy atom. The lowest BCUT2D eigenvalue weighted by atomic mass is 9.81. The molecular formula is C29H36N2O7S2. The third kappa shape index (κ3) is 5.56. The van der Waals surface area contributed by atoms with Gasteiger partial charge >= 0.3 is 0 Å². The van der Waals surface area contributed by atoms with Crippen molar-refractivity contribution >= 4 is 36.9 Å². The fourth-order valence-corrected chi connectivity index (χ4v) is 6.16. The highest BCUT2D eigenvalue weighted by molar-refractivity contribution is 7.80. The van der Waals surface area contributed by atoms with Crippen molar-refractivity contribution in [2.45, 2.75) is 31.5 Å². The number of ether oxygens (including phenoxy) is 5. The van der Waals surface area contributed by atoms with Crippen LogP contribution in [0.15, 0.2) is 24.3 Å². The topological polar surface area (TPSA) is 95.6 Å². The van der Waals surface area contributed by atoms with Crippen LogP contribution in [0.4, 0.5) is 0 Å². The predicted octanol–water partition coefficient (Wildman–Crippen LogP) is 3.04. The summed E-state index contributed by atoms with van der Waals surface area (Å²) in [5.41, 5.74) is 2.19. The molecule has 0 bridgehead atoms. The van der Waals surface area contributed by atoms with Crippen LogP contribution in [-0.2, 0) is 11.2 Å². The van der Waals surface area contributed by atoms with Gasteiger partial charge in [0, 0.05) is 60.7 Å². The first-order chi connectivity index (χ1) is 19.4. The van der Waals surface area contributed by atoms with Crippen LogP contribution in [0.5, 0.6) is 28.7 Å². The van der Waals surface area contributed by atoms with Gasteiger partial charge in [-0.05, 0) is 18.2 Å². The van der Waals surface area contributed by atoms with Crippen LogP contribution in [0.25, 0.3) is 0 Å². The molecule has 3 aliphatic heterocycles. The Hall–Kier alpha value is -2.76. The minimum atomic E-state index is -0.505. The van der Waals surface area contributed by atoms with E-state index in [-0.39, 0.29) is 30.3 Å². The zero-order valence-electron chi connectivity index (χ0n) is 23.0. The van der Waals surface area contributed by atoms with Crippen molar-refractivity contribution in [1.82, 2.24) is 10.2 Å². The third-order valence-electron chi connectivity index (χ3n) is 7.74. The molecule has 5 rings (SSSR count). The van der Waals surface area contributed by atoms with Gasteiger partial charge in [-0.3, -0.25) is 14.5 Å². The van der Waals surface area contributed by atoms with Crippen LogP contribution in [0.1, 0.15) is 34.3 Å². The van der Waals surface area contributed by atoms with E-state index in [0.717, 1.165) is 16.9 Å². The standard InChI is InChI=1S/C29H36N2O7S2/c1-16(13-31(7-9-40)14-26(32)30-6-8-39)21-11-19-20(37-21)5-4-17-28(33)27-18-10-23(34-2)24(35-3)12-22(18)36-15-25(27)38-29(17)19/h4-5,10,12,16,21,25,27,39-40H,6-9,11,13-15H2,1-3H3,(H,30,32)/t16?,21-,25-,27+/m1/s1. The van der Waals surface area contributed by atoms with Crippen LogP contribution in [-0.4, -0.2) is 87.3 Å². The summed E-state index contributed by atoms with van der Waals surface area (Å²) in [6.07, 6.45) is 0.0454. The molecule has 0 aromatic heterocycles. The average molecular weight is 589 g/mol. The Morgan fingerprint density at radius 3 is 2.62 bits per heavy atom. The van der Waals surface area contributed by atoms with E-state index in [0.29, 0.717) is 72.7 Å². The Bertz CT molecular complexity index is 1270. The molecule has 0 saturated heterocycles. The molecule has 3 heterocycles. The van der Waals surface area contributed by atoms with E-state index >= 15 is 0 Å². The molecule has 0 spiro atoms. The van der Waals surface area contributed by atoms with Gasteiger partial charge in [0.2, 0.25) is 5.91 Å². The first-order valence-corrected chi connectivity index (χ1v) is 14.8. The molecule has 2 aromatic rings. The SMILES string of the molecule is COc1cc2c(cc1OC)[C@@H]1C(=O)c3ccc4c(c3O[C@@H]1CO2)C[C@H](C(C)CN(CCS)CC(=O)NCCS)O4. The fourth-order valence-electron chi connectivity index (χ4n) is 5.76. The number of ketones is 1. The van der Waals surface area contributed by atoms with Gasteiger partial charge < -0.3 is 29.0 Å². The molecule has 2 aromatic carbocycles. The highest BCUT2D eigenvalue weighted by Crippen LogP contribution is 2.50. The normalized spacial score (nSPS) is 21.1. The molecule has 4 atom stereocenters. The summed E-state index contributed by atoms with van der Waals surface area (Å²) < 4.78 is 29.7. The summed E-state index contributed by atoms with van der Waals surface area (Å²) >= 11 is 8.53. The number of nitrogens with one attached hydrogen (secondary N) is 1. The van der Waals surface area contributed by atoms with Crippen LogP contribution in [0.3, 0.4) is 0 Å². The number of nitrogens with zero attached hydrogens (tertiary/aromatic N) is 1. The monoisotopic (exact) mass is 588 g/mol. The van der Waals surface area contributed by atoms with Crippen molar-refractivity contribution in [3.63, 3.8) is 0 Å². The number of methoxy groups -OCH3 is 2. The minimum Gasteiger partial charge on any atom is -0.493 e. The smallest absolute Gasteiger partial charge is 0.234 e. The molecule has 1 amide bonds. The zero-order chi connectivity index (χ0) is 28.4. The van der Waals surface area contributed by atoms with Gasteiger partial charge in [0.1, 0.15) is 36.1 Å². The average Bonchev–Trinajstić information content (AvgIpc) is 3.40. The Balaban J connectivity index is 1.34. The first-order valence-electron chi connectivity index (χ1n) is 13.5. The number of hydrogen-bond donors (Lipinski definition) is 3. The van der Waals surface area contributed by atoms with Crippen molar-refractivity contribution in [3.05, 3.63) is 41.0 Å². The largest absolute Gasteiger partial charge is 0.493 e. The number of amides is 1. The van der Waals surface area contributed by atoms with E-state index in [1.807, 2.05) is 6.07 Å². The Labute approximate surface area is 245 Å². The summed E-state index contributed by atoms with van der Waals surface area (Å²) in [7, 11) is 3.13. The van der Waals surface area contributed by atoms with Crippen molar-refractivity contribution < 1.29 is 33.3 Å². The number of hydrogen-bond acceptors (Lipinski definition) is 10. The summed E-state index contributed by atoms with van der Waals surface area (Å²) in [5, 5.41) is 2.87. The molecule has 9 nitrogen and oxygen atoms in total. The van der Waals surface area contributed by atoms with Crippen molar-refractivity contribution in [2.24, 2.45) is 5.92 Å². The van der Waals surface area contributed by atoms with Gasteiger partial charge in [-0.2, -0.15) is 25.3 Å². The molecule has 0 saturated carbocycles. The second-order valence-electron chi connectivity index (χ2n) is 10.3. The Morgan fingerprint density at radius 1 is 1.12 bits per heavy atom. The number of fused-ring (bicyclic) bond motifs is 6. The fraction of sp³-hybridized carbons (Fsp3) is 0.517. The number of benzene rings is 2. The van der Waals surface area contributed by atoms with Crippen LogP contribution in [0.2, 0.25) is 0 Å². The van der Waals surface area contributed by atoms with Gasteiger partial charge in [0.25, 0.3) is 0 Å². The minimum absolute atomic E-state index is 0.00509. The maximum absolute atomic E-state index is 13.9. The van der Waals surface area contributed by atoms with E-state index in [9.17, 15) is 9.59 Å². The lowest BCUT2D eigenvalue weighted by Crippen LogP contribution is -2.43. The lowest BCUT2D eigenvalue weighted by Gasteiger charge is -2.37. The van der Waals surface area contributed by atoms with Gasteiger partial charge in [0.15, 0.2) is 17.3 Å². The van der Waals surface area contributed by atoms with Crippen LogP contribution in [0, 0.1) is 5.92 Å². The molecule has 1 N–H and O–H groups in total. The molecule has 3 aliphatic rings. The first kappa shape index (κ1) is 28.8. The van der Waals surface area contributed by atoms with Crippen LogP contribution >= 0.6 is 25.3 Å². The summed E-state index contributed by atoms with van der Waals surface area (Å²) in [5.74, 6) is 3.84. The molecule has 11 heteroatoms. The maximum Gasteiger partial charge on any atom is 0.234 e. The number of rotatable bonds is 11. The van der Waals surface area contributed by atoms with E-state index < -0.39 is 12.0 Å². The molecule has 0 aliphatic carbocycles. The van der Waals surface area contributed by atoms with Crippen molar-refractivity contribution in [1.29, 1.82) is 0 Å². The second-order valence-corrected chi connectivity index (χ2v) is 11.2. The number of carbonyl (C=O) groups is 2. The predicted molar refractivity (Wildman–Crippen MR) is 157 cm³/mol. The number of thiol groups is 2. The number of carbonyl (C=O) groups excluding carboxylic acids is 2. The van der Waals surface area contributed by atoms with E-state index in [4.69, 9.17) is 23.7 Å². The van der Waals surface area contributed by atoms with Crippen LogP contribution < -0.4 is 29.0 Å². The van der Waals surface area contributed by atoms with Crippen molar-refractivity contribution in [2.75, 3.05) is 58.5 Å². The highest BCUT2D eigenvalue weighted by atomic mass is 32.1. The zero-order valence-corrected chi connectivity index (χ0v) is 24.8. The molecular weight excluding hydrogens is 552 g/mol. The van der Waals surface area contributed by atoms with Gasteiger partial charge in [0.05, 0.1) is 32.2 Å². The van der Waals surface area contributed by atoms with Gasteiger partial charge in [-0.15, -0.1) is 0 Å². The van der Waals surface area contributed by atoms with Crippen molar-refractivity contribution in [3.8, 4) is 28.7 Å². The van der Waals surface area contributed by atoms with E-state index in [1.165, 1.54) is 0 Å². The summed E-state index contributed by atoms with van der Waals surface area (Å²) in [6, 6.07) is 7.24.